The molecule has 0 aromatic rings. The number of rotatable bonds is 5. The highest BCUT2D eigenvalue weighted by molar-refractivity contribution is 14.0. The quantitative estimate of drug-likeness (QED) is 0.314. The number of aliphatic imine (C=N–C) groups is 1. The molecule has 3 atom stereocenters. The first kappa shape index (κ1) is 23.7. The van der Waals surface area contributed by atoms with Crippen LogP contribution in [0.2, 0.25) is 0 Å². The number of likely N-dealkylation sites (tertiary alicyclic amines) is 1. The van der Waals surface area contributed by atoms with Gasteiger partial charge in [0.05, 0.1) is 19.2 Å². The van der Waals surface area contributed by atoms with Gasteiger partial charge in [-0.15, -0.1) is 24.0 Å². The second-order valence-electron chi connectivity index (χ2n) is 7.59. The SMILES string of the molecule is CCNC(=NCC1(C)CCCCC1O)NC1CCN(CC(F)(F)F)C1.I. The van der Waals surface area contributed by atoms with Crippen LogP contribution in [0.1, 0.15) is 46.0 Å². The molecule has 0 aromatic carbocycles. The highest BCUT2D eigenvalue weighted by Crippen LogP contribution is 2.36. The van der Waals surface area contributed by atoms with E-state index in [-0.39, 0.29) is 41.5 Å². The van der Waals surface area contributed by atoms with Gasteiger partial charge in [0.1, 0.15) is 0 Å². The number of halogens is 4. The topological polar surface area (TPSA) is 59.9 Å². The first-order chi connectivity index (χ1) is 11.7. The predicted molar refractivity (Wildman–Crippen MR) is 108 cm³/mol. The van der Waals surface area contributed by atoms with Crippen molar-refractivity contribution in [1.82, 2.24) is 15.5 Å². The second-order valence-corrected chi connectivity index (χ2v) is 7.59. The summed E-state index contributed by atoms with van der Waals surface area (Å²) in [5.41, 5.74) is -0.224. The molecular weight excluding hydrogens is 460 g/mol. The molecular formula is C17H32F3IN4O. The molecule has 26 heavy (non-hydrogen) atoms. The molecule has 154 valence electrons. The first-order valence-electron chi connectivity index (χ1n) is 9.24. The number of alkyl halides is 3. The summed E-state index contributed by atoms with van der Waals surface area (Å²) in [7, 11) is 0. The number of hydrogen-bond donors (Lipinski definition) is 3. The number of nitrogens with one attached hydrogen (secondary N) is 2. The fraction of sp³-hybridized carbons (Fsp3) is 0.941. The van der Waals surface area contributed by atoms with Crippen LogP contribution in [-0.4, -0.2) is 67.0 Å². The van der Waals surface area contributed by atoms with Crippen LogP contribution in [0.5, 0.6) is 0 Å². The predicted octanol–water partition coefficient (Wildman–Crippen LogP) is 2.74. The van der Waals surface area contributed by atoms with Gasteiger partial charge in [0, 0.05) is 31.1 Å². The van der Waals surface area contributed by atoms with Crippen molar-refractivity contribution < 1.29 is 18.3 Å². The molecule has 1 saturated heterocycles. The highest BCUT2D eigenvalue weighted by atomic mass is 127. The highest BCUT2D eigenvalue weighted by Gasteiger charge is 2.36. The molecule has 3 N–H and O–H groups in total. The molecule has 2 aliphatic rings. The van der Waals surface area contributed by atoms with E-state index in [0.717, 1.165) is 25.7 Å². The van der Waals surface area contributed by atoms with Gasteiger partial charge < -0.3 is 15.7 Å². The molecule has 1 aliphatic heterocycles. The Kier molecular flexibility index (Phi) is 9.42. The average Bonchev–Trinajstić information content (AvgIpc) is 2.93. The van der Waals surface area contributed by atoms with Crippen LogP contribution < -0.4 is 10.6 Å². The van der Waals surface area contributed by atoms with Crippen LogP contribution in [0.4, 0.5) is 13.2 Å². The third kappa shape index (κ3) is 7.38. The van der Waals surface area contributed by atoms with Crippen LogP contribution in [0.25, 0.3) is 0 Å². The molecule has 2 fully saturated rings. The summed E-state index contributed by atoms with van der Waals surface area (Å²) in [5.74, 6) is 0.625. The zero-order valence-electron chi connectivity index (χ0n) is 15.6. The minimum Gasteiger partial charge on any atom is -0.392 e. The molecule has 9 heteroatoms. The van der Waals surface area contributed by atoms with E-state index in [1.54, 1.807) is 0 Å². The molecule has 0 radical (unpaired) electrons. The molecule has 5 nitrogen and oxygen atoms in total. The lowest BCUT2D eigenvalue weighted by molar-refractivity contribution is -0.143. The molecule has 0 spiro atoms. The van der Waals surface area contributed by atoms with Crippen molar-refractivity contribution in [3.8, 4) is 0 Å². The Hall–Kier alpha value is -0.290. The van der Waals surface area contributed by atoms with E-state index < -0.39 is 12.7 Å². The maximum absolute atomic E-state index is 12.5. The van der Waals surface area contributed by atoms with E-state index >= 15 is 0 Å². The van der Waals surface area contributed by atoms with Gasteiger partial charge in [-0.05, 0) is 26.2 Å². The normalized spacial score (nSPS) is 30.8. The van der Waals surface area contributed by atoms with Crippen LogP contribution >= 0.6 is 24.0 Å². The maximum atomic E-state index is 12.5. The summed E-state index contributed by atoms with van der Waals surface area (Å²) in [4.78, 5) is 6.04. The zero-order valence-corrected chi connectivity index (χ0v) is 17.9. The molecule has 2 rings (SSSR count). The molecule has 1 heterocycles. The monoisotopic (exact) mass is 492 g/mol. The van der Waals surface area contributed by atoms with Gasteiger partial charge in [-0.1, -0.05) is 19.8 Å². The van der Waals surface area contributed by atoms with Gasteiger partial charge in [0.15, 0.2) is 5.96 Å². The second kappa shape index (κ2) is 10.3. The largest absolute Gasteiger partial charge is 0.401 e. The van der Waals surface area contributed by atoms with Crippen molar-refractivity contribution in [2.24, 2.45) is 10.4 Å². The maximum Gasteiger partial charge on any atom is 0.401 e. The van der Waals surface area contributed by atoms with Crippen molar-refractivity contribution in [3.05, 3.63) is 0 Å². The summed E-state index contributed by atoms with van der Waals surface area (Å²) < 4.78 is 37.5. The van der Waals surface area contributed by atoms with Crippen LogP contribution in [0, 0.1) is 5.41 Å². The Bertz CT molecular complexity index is 464. The van der Waals surface area contributed by atoms with Crippen molar-refractivity contribution in [3.63, 3.8) is 0 Å². The average molecular weight is 492 g/mol. The summed E-state index contributed by atoms with van der Waals surface area (Å²) in [6.07, 6.45) is 0.0734. The fourth-order valence-electron chi connectivity index (χ4n) is 3.69. The van der Waals surface area contributed by atoms with Gasteiger partial charge in [-0.25, -0.2) is 0 Å². The Labute approximate surface area is 171 Å². The lowest BCUT2D eigenvalue weighted by Gasteiger charge is -2.37. The molecule has 0 amide bonds. The van der Waals surface area contributed by atoms with E-state index in [2.05, 4.69) is 22.5 Å². The summed E-state index contributed by atoms with van der Waals surface area (Å²) >= 11 is 0. The van der Waals surface area contributed by atoms with Crippen molar-refractivity contribution in [2.75, 3.05) is 32.7 Å². The van der Waals surface area contributed by atoms with Crippen molar-refractivity contribution >= 4 is 29.9 Å². The first-order valence-corrected chi connectivity index (χ1v) is 9.24. The molecule has 0 aromatic heterocycles. The van der Waals surface area contributed by atoms with Gasteiger partial charge in [0.25, 0.3) is 0 Å². The minimum atomic E-state index is -4.15. The fourth-order valence-corrected chi connectivity index (χ4v) is 3.69. The van der Waals surface area contributed by atoms with Gasteiger partial charge in [-0.2, -0.15) is 13.2 Å². The third-order valence-electron chi connectivity index (χ3n) is 5.24. The van der Waals surface area contributed by atoms with Gasteiger partial charge >= 0.3 is 6.18 Å². The smallest absolute Gasteiger partial charge is 0.392 e. The number of aliphatic hydroxyl groups is 1. The Morgan fingerprint density at radius 1 is 1.31 bits per heavy atom. The van der Waals surface area contributed by atoms with E-state index in [0.29, 0.717) is 38.6 Å². The number of aliphatic hydroxyl groups excluding tert-OH is 1. The van der Waals surface area contributed by atoms with E-state index in [1.807, 2.05) is 6.92 Å². The molecule has 1 aliphatic carbocycles. The Morgan fingerprint density at radius 2 is 2.04 bits per heavy atom. The Morgan fingerprint density at radius 3 is 2.65 bits per heavy atom. The van der Waals surface area contributed by atoms with E-state index in [1.165, 1.54) is 4.90 Å². The van der Waals surface area contributed by atoms with Crippen molar-refractivity contribution in [2.45, 2.75) is 64.3 Å². The third-order valence-corrected chi connectivity index (χ3v) is 5.24. The summed E-state index contributed by atoms with van der Waals surface area (Å²) in [6, 6.07) is -0.0377. The zero-order chi connectivity index (χ0) is 18.5. The van der Waals surface area contributed by atoms with Crippen LogP contribution in [0.15, 0.2) is 4.99 Å². The van der Waals surface area contributed by atoms with Crippen molar-refractivity contribution in [1.29, 1.82) is 0 Å². The lowest BCUT2D eigenvalue weighted by atomic mass is 9.73. The van der Waals surface area contributed by atoms with Gasteiger partial charge in [0.2, 0.25) is 0 Å². The standard InChI is InChI=1S/C17H31F3N4O.HI/c1-3-21-15(22-11-16(2)8-5-4-6-14(16)25)23-13-7-9-24(10-13)12-17(18,19)20;/h13-14,25H,3-12H2,1-2H3,(H2,21,22,23);1H. The Balaban J connectivity index is 0.00000338. The van der Waals surface area contributed by atoms with Crippen LogP contribution in [-0.2, 0) is 0 Å². The summed E-state index contributed by atoms with van der Waals surface area (Å²) in [6.45, 7) is 5.16. The molecule has 1 saturated carbocycles. The van der Waals surface area contributed by atoms with E-state index in [4.69, 9.17) is 0 Å². The number of guanidine groups is 1. The summed E-state index contributed by atoms with van der Waals surface area (Å²) in [5, 5.41) is 16.7. The van der Waals surface area contributed by atoms with Gasteiger partial charge in [-0.3, -0.25) is 9.89 Å². The molecule has 3 unspecified atom stereocenters. The molecule has 0 bridgehead atoms. The number of hydrogen-bond acceptors (Lipinski definition) is 3. The lowest BCUT2D eigenvalue weighted by Crippen LogP contribution is -2.46. The van der Waals surface area contributed by atoms with Crippen LogP contribution in [0.3, 0.4) is 0 Å². The minimum absolute atomic E-state index is 0. The van der Waals surface area contributed by atoms with E-state index in [9.17, 15) is 18.3 Å². The number of nitrogens with zero attached hydrogens (tertiary/aromatic N) is 2.